The van der Waals surface area contributed by atoms with Crippen molar-refractivity contribution in [3.63, 3.8) is 0 Å². The summed E-state index contributed by atoms with van der Waals surface area (Å²) in [6.07, 6.45) is 11.5. The highest BCUT2D eigenvalue weighted by Crippen LogP contribution is 2.33. The molecule has 4 unspecified atom stereocenters. The first kappa shape index (κ1) is 55.8. The number of nitro groups is 2. The highest BCUT2D eigenvalue weighted by atomic mass is 31.0. The first-order chi connectivity index (χ1) is 30.6. The van der Waals surface area contributed by atoms with Gasteiger partial charge < -0.3 is 15.8 Å². The lowest BCUT2D eigenvalue weighted by molar-refractivity contribution is -0.385. The lowest BCUT2D eigenvalue weighted by Gasteiger charge is -2.29. The molecule has 0 saturated carbocycles. The molecule has 0 bridgehead atoms. The highest BCUT2D eigenvalue weighted by molar-refractivity contribution is 7.13. The summed E-state index contributed by atoms with van der Waals surface area (Å²) < 4.78 is 9.00. The van der Waals surface area contributed by atoms with Gasteiger partial charge in [0, 0.05) is 70.2 Å². The fourth-order valence-corrected chi connectivity index (χ4v) is 8.91. The zero-order valence-corrected chi connectivity index (χ0v) is 41.7. The maximum Gasteiger partial charge on any atom is 0.495 e. The summed E-state index contributed by atoms with van der Waals surface area (Å²) in [5.41, 5.74) is 14.5. The third kappa shape index (κ3) is 19.0. The molecule has 4 aliphatic heterocycles. The molecule has 2 fully saturated rings. The average Bonchev–Trinajstić information content (AvgIpc) is 3.29. The minimum atomic E-state index is -1.80. The van der Waals surface area contributed by atoms with E-state index in [0.717, 1.165) is 61.9 Å². The van der Waals surface area contributed by atoms with Crippen LogP contribution in [0.5, 0.6) is 0 Å². The number of nitrogens with two attached hydrogens (primary N) is 1. The van der Waals surface area contributed by atoms with Crippen LogP contribution in [-0.2, 0) is 0 Å². The van der Waals surface area contributed by atoms with E-state index in [2.05, 4.69) is 119 Å². The van der Waals surface area contributed by atoms with Crippen LogP contribution in [0.25, 0.3) is 5.57 Å². The number of piperidine rings is 2. The van der Waals surface area contributed by atoms with Gasteiger partial charge in [-0.1, -0.05) is 136 Å². The predicted molar refractivity (Wildman–Crippen MR) is 285 cm³/mol. The van der Waals surface area contributed by atoms with Gasteiger partial charge in [0.15, 0.2) is 0 Å². The van der Waals surface area contributed by atoms with Crippen LogP contribution in [0.1, 0.15) is 87.0 Å². The molecular weight excluding hydrogens is 893 g/mol. The molecule has 8 rings (SSSR count). The second kappa shape index (κ2) is 29.3. The molecule has 13 nitrogen and oxygen atoms in total. The van der Waals surface area contributed by atoms with Crippen LogP contribution in [-0.4, -0.2) is 98.1 Å². The fraction of sp³-hybridized carbons (Fsp3) is 0.404. The van der Waals surface area contributed by atoms with Crippen LogP contribution >= 0.6 is 37.6 Å². The maximum absolute atomic E-state index is 10.9. The van der Waals surface area contributed by atoms with Crippen molar-refractivity contribution in [3.8, 4) is 0 Å². The summed E-state index contributed by atoms with van der Waals surface area (Å²) >= 11 is 0. The van der Waals surface area contributed by atoms with Gasteiger partial charge in [-0.3, -0.25) is 38.9 Å². The molecule has 4 aliphatic rings. The van der Waals surface area contributed by atoms with E-state index in [1.54, 1.807) is 17.7 Å². The largest absolute Gasteiger partial charge is 0.495 e. The van der Waals surface area contributed by atoms with Crippen molar-refractivity contribution in [2.75, 3.05) is 58.1 Å². The number of hydrogen-bond acceptors (Lipinski definition) is 11. The quantitative estimate of drug-likeness (QED) is 0.0422. The van der Waals surface area contributed by atoms with Gasteiger partial charge >= 0.3 is 7.12 Å². The van der Waals surface area contributed by atoms with E-state index in [1.807, 2.05) is 24.3 Å². The molecule has 4 heterocycles. The second-order valence-corrected chi connectivity index (χ2v) is 19.3. The number of rotatable bonds is 6. The van der Waals surface area contributed by atoms with Gasteiger partial charge in [0.05, 0.1) is 20.9 Å². The van der Waals surface area contributed by atoms with E-state index in [9.17, 15) is 20.2 Å². The van der Waals surface area contributed by atoms with Crippen molar-refractivity contribution >= 4 is 72.8 Å². The summed E-state index contributed by atoms with van der Waals surface area (Å²) in [4.78, 5) is 20.2. The molecule has 4 N–H and O–H groups in total. The Kier molecular flexibility index (Phi) is 25.2. The van der Waals surface area contributed by atoms with Gasteiger partial charge in [-0.2, -0.15) is 0 Å². The number of anilines is 1. The number of nitro benzene ring substituents is 2. The molecule has 0 radical (unpaired) electrons. The van der Waals surface area contributed by atoms with Crippen LogP contribution in [0.15, 0.2) is 115 Å². The molecule has 18 heteroatoms. The Morgan fingerprint density at radius 2 is 1.06 bits per heavy atom. The summed E-state index contributed by atoms with van der Waals surface area (Å²) in [6, 6.07) is 29.5. The molecule has 0 aromatic heterocycles. The van der Waals surface area contributed by atoms with E-state index < -0.39 is 12.0 Å². The third-order valence-corrected chi connectivity index (χ3v) is 13.7. The average molecular weight is 964 g/mol. The Labute approximate surface area is 396 Å². The van der Waals surface area contributed by atoms with Crippen LogP contribution in [0.2, 0.25) is 0 Å². The maximum atomic E-state index is 10.9. The third-order valence-electron chi connectivity index (χ3n) is 11.7. The highest BCUT2D eigenvalue weighted by Gasteiger charge is 2.23. The van der Waals surface area contributed by atoms with Crippen LogP contribution in [0.4, 0.5) is 17.1 Å². The number of para-hydroxylation sites is 3. The van der Waals surface area contributed by atoms with Gasteiger partial charge in [-0.25, -0.2) is 0 Å². The Bertz CT molecular complexity index is 2090. The molecule has 65 heavy (non-hydrogen) atoms. The Balaban J connectivity index is 0.000000218. The van der Waals surface area contributed by atoms with E-state index in [0.29, 0.717) is 5.92 Å². The number of aryl methyl sites for hydroxylation is 1. The van der Waals surface area contributed by atoms with Gasteiger partial charge in [0.25, 0.3) is 11.4 Å². The zero-order valence-electron chi connectivity index (χ0n) is 37.1. The lowest BCUT2D eigenvalue weighted by Crippen LogP contribution is -2.31. The van der Waals surface area contributed by atoms with Crippen LogP contribution in [0.3, 0.4) is 0 Å². The molecular formula is C47H70BN7O6P4. The molecule has 4 aromatic rings. The second-order valence-electron chi connectivity index (χ2n) is 16.3. The monoisotopic (exact) mass is 963 g/mol. The molecule has 352 valence electrons. The van der Waals surface area contributed by atoms with E-state index in [-0.39, 0.29) is 29.2 Å². The van der Waals surface area contributed by atoms with Crippen molar-refractivity contribution in [3.05, 3.63) is 157 Å². The Morgan fingerprint density at radius 1 is 0.600 bits per heavy atom. The van der Waals surface area contributed by atoms with Crippen LogP contribution < -0.4 is 11.2 Å². The SMILES string of the molecule is C.CC1=CCN(P)CC1.Cc1ccccc1C1CCN(P)CC1.Nc1ccccc1C1CCN(P)CC1.O=[N+]([O-])c1ccccc1B(O)O.O=[N+]([O-])c1ccccc1C1=CCN(P)CC1. The molecule has 2 saturated heterocycles. The first-order valence-corrected chi connectivity index (χ1v) is 23.8. The number of benzene rings is 4. The lowest BCUT2D eigenvalue weighted by atomic mass is 9.79. The minimum absolute atomic E-state index is 0. The zero-order chi connectivity index (χ0) is 46.6. The van der Waals surface area contributed by atoms with Gasteiger partial charge in [0.2, 0.25) is 0 Å². The van der Waals surface area contributed by atoms with Gasteiger partial charge in [0.1, 0.15) is 0 Å². The van der Waals surface area contributed by atoms with Gasteiger partial charge in [-0.05, 0) is 98.6 Å². The summed E-state index contributed by atoms with van der Waals surface area (Å²) in [5.74, 6) is 1.45. The number of nitrogen functional groups attached to an aromatic ring is 1. The van der Waals surface area contributed by atoms with Crippen molar-refractivity contribution in [2.24, 2.45) is 0 Å². The van der Waals surface area contributed by atoms with E-state index in [4.69, 9.17) is 15.8 Å². The molecule has 0 spiro atoms. The normalized spacial score (nSPS) is 17.3. The number of hydrogen-bond donors (Lipinski definition) is 3. The fourth-order valence-electron chi connectivity index (χ4n) is 7.84. The minimum Gasteiger partial charge on any atom is -0.423 e. The summed E-state index contributed by atoms with van der Waals surface area (Å²) in [5, 5.41) is 38.6. The Hall–Kier alpha value is -3.50. The first-order valence-electron chi connectivity index (χ1n) is 21.7. The molecule has 0 amide bonds. The molecule has 4 aromatic carbocycles. The molecule has 0 aliphatic carbocycles. The molecule has 4 atom stereocenters. The Morgan fingerprint density at radius 3 is 1.52 bits per heavy atom. The van der Waals surface area contributed by atoms with E-state index >= 15 is 0 Å². The predicted octanol–water partition coefficient (Wildman–Crippen LogP) is 9.02. The summed E-state index contributed by atoms with van der Waals surface area (Å²) in [7, 11) is 9.13. The van der Waals surface area contributed by atoms with Crippen molar-refractivity contribution in [1.29, 1.82) is 0 Å². The van der Waals surface area contributed by atoms with E-state index in [1.165, 1.54) is 92.7 Å². The standard InChI is InChI=1S/C12H18NP.C11H13N2O2P.C11H17N2P.C6H6BNO4.C6H12NP.CH4/c1-10-4-2-3-5-12(10)11-6-8-13(14)9-7-11;14-13(15)11-4-2-1-3-10(11)9-5-7-12(16)8-6-9;12-11-4-2-1-3-10(11)9-5-7-13(14)8-6-9;9-7(10)5-3-1-2-4-6(5)8(11)12;1-6-2-4-7(8)5-3-6;/h2-5,11H,6-9,14H2,1H3;1-5H,6-8,16H2;1-4,9H,5-8,12,14H2;1-4,9-10H;2H,3-5,8H2,1H3;1H4. The van der Waals surface area contributed by atoms with Crippen molar-refractivity contribution in [2.45, 2.75) is 71.6 Å². The van der Waals surface area contributed by atoms with Crippen molar-refractivity contribution in [1.82, 2.24) is 18.7 Å². The topological polar surface area (TPSA) is 166 Å². The summed E-state index contributed by atoms with van der Waals surface area (Å²) in [6.45, 7) is 13.2. The number of nitrogens with zero attached hydrogens (tertiary/aromatic N) is 6. The van der Waals surface area contributed by atoms with Gasteiger partial charge in [-0.15, -0.1) is 0 Å². The van der Waals surface area contributed by atoms with Crippen LogP contribution in [0, 0.1) is 27.2 Å². The smallest absolute Gasteiger partial charge is 0.423 e. The van der Waals surface area contributed by atoms with Crippen molar-refractivity contribution < 1.29 is 19.9 Å².